The van der Waals surface area contributed by atoms with Crippen LogP contribution in [0.3, 0.4) is 0 Å². The minimum atomic E-state index is 0.0804. The molecule has 0 amide bonds. The van der Waals surface area contributed by atoms with E-state index in [2.05, 4.69) is 59.5 Å². The van der Waals surface area contributed by atoms with E-state index in [4.69, 9.17) is 9.99 Å². The van der Waals surface area contributed by atoms with Gasteiger partial charge in [0, 0.05) is 44.5 Å². The molecule has 1 fully saturated rings. The standard InChI is InChI=1S/C16H28N4O.C4H6O4/c1-18-9-11-19(12-10-18)7-4-5-13-21-16-14-15-6-2-3-8-20(15)17-16;1-2-3-4-6-8-7-5/h14H,2-13H2,1H3;5H,4H2,1H3. The first kappa shape index (κ1) is 23.6. The van der Waals surface area contributed by atoms with Gasteiger partial charge in [-0.3, -0.25) is 4.68 Å². The highest BCUT2D eigenvalue weighted by atomic mass is 17.6. The van der Waals surface area contributed by atoms with Crippen molar-refractivity contribution in [3.63, 3.8) is 0 Å². The summed E-state index contributed by atoms with van der Waals surface area (Å²) in [6.45, 7) is 9.63. The molecule has 1 aromatic rings. The van der Waals surface area contributed by atoms with Crippen molar-refractivity contribution in [2.24, 2.45) is 0 Å². The molecule has 0 radical (unpaired) electrons. The zero-order chi connectivity index (χ0) is 20.7. The van der Waals surface area contributed by atoms with Gasteiger partial charge in [0.2, 0.25) is 5.88 Å². The molecule has 0 aliphatic carbocycles. The molecular weight excluding hydrogens is 376 g/mol. The number of aromatic nitrogens is 2. The molecule has 164 valence electrons. The van der Waals surface area contributed by atoms with Gasteiger partial charge in [-0.1, -0.05) is 5.92 Å². The number of aryl methyl sites for hydroxylation is 2. The summed E-state index contributed by atoms with van der Waals surface area (Å²) >= 11 is 0. The minimum Gasteiger partial charge on any atom is -0.477 e. The van der Waals surface area contributed by atoms with Gasteiger partial charge in [-0.05, 0) is 62.7 Å². The Balaban J connectivity index is 0.000000321. The lowest BCUT2D eigenvalue weighted by Gasteiger charge is -2.32. The van der Waals surface area contributed by atoms with Crippen molar-refractivity contribution >= 4 is 0 Å². The van der Waals surface area contributed by atoms with Crippen molar-refractivity contribution in [3.8, 4) is 17.7 Å². The lowest BCUT2D eigenvalue weighted by molar-refractivity contribution is -0.620. The number of fused-ring (bicyclic) bond motifs is 1. The molecule has 2 aliphatic heterocycles. The van der Waals surface area contributed by atoms with Crippen LogP contribution in [0.25, 0.3) is 0 Å². The molecule has 0 unspecified atom stereocenters. The number of piperazine rings is 1. The summed E-state index contributed by atoms with van der Waals surface area (Å²) < 4.78 is 7.92. The number of rotatable bonds is 9. The van der Waals surface area contributed by atoms with Crippen molar-refractivity contribution in [1.29, 1.82) is 0 Å². The summed E-state index contributed by atoms with van der Waals surface area (Å²) in [5.41, 5.74) is 1.34. The van der Waals surface area contributed by atoms with Crippen LogP contribution < -0.4 is 4.74 Å². The lowest BCUT2D eigenvalue weighted by atomic mass is 10.1. The second kappa shape index (κ2) is 14.3. The van der Waals surface area contributed by atoms with Crippen LogP contribution in [-0.2, 0) is 27.9 Å². The third-order valence-corrected chi connectivity index (χ3v) is 4.99. The van der Waals surface area contributed by atoms with Gasteiger partial charge in [0.25, 0.3) is 0 Å². The summed E-state index contributed by atoms with van der Waals surface area (Å²) in [4.78, 5) is 9.05. The highest BCUT2D eigenvalue weighted by molar-refractivity contribution is 5.16. The molecule has 1 N–H and O–H groups in total. The van der Waals surface area contributed by atoms with Crippen LogP contribution in [0.1, 0.15) is 38.3 Å². The average Bonchev–Trinajstić information content (AvgIpc) is 3.16. The number of likely N-dealkylation sites (N-methyl/N-ethyl adjacent to an activating group) is 1. The Labute approximate surface area is 173 Å². The topological polar surface area (TPSA) is 81.5 Å². The maximum atomic E-state index is 7.47. The van der Waals surface area contributed by atoms with Gasteiger partial charge in [0.1, 0.15) is 6.61 Å². The van der Waals surface area contributed by atoms with Gasteiger partial charge in [0.15, 0.2) is 0 Å². The van der Waals surface area contributed by atoms with Crippen molar-refractivity contribution in [2.75, 3.05) is 53.0 Å². The van der Waals surface area contributed by atoms with Gasteiger partial charge >= 0.3 is 0 Å². The highest BCUT2D eigenvalue weighted by Gasteiger charge is 2.14. The van der Waals surface area contributed by atoms with Crippen molar-refractivity contribution in [1.82, 2.24) is 19.6 Å². The van der Waals surface area contributed by atoms with Gasteiger partial charge in [-0.15, -0.1) is 11.0 Å². The molecule has 3 heterocycles. The van der Waals surface area contributed by atoms with E-state index in [0.29, 0.717) is 0 Å². The highest BCUT2D eigenvalue weighted by Crippen LogP contribution is 2.19. The SMILES string of the molecule is CC#CCOOOO.CN1CCN(CCCCOc2cc3n(n2)CCCC3)CC1. The quantitative estimate of drug-likeness (QED) is 0.287. The van der Waals surface area contributed by atoms with E-state index in [1.807, 2.05) is 0 Å². The minimum absolute atomic E-state index is 0.0804. The number of hydrogen-bond donors (Lipinski definition) is 1. The first-order chi connectivity index (χ1) is 14.2. The second-order valence-corrected chi connectivity index (χ2v) is 7.19. The molecule has 0 saturated carbocycles. The van der Waals surface area contributed by atoms with Crippen LogP contribution in [0.4, 0.5) is 0 Å². The molecule has 29 heavy (non-hydrogen) atoms. The predicted molar refractivity (Wildman–Crippen MR) is 108 cm³/mol. The molecule has 9 nitrogen and oxygen atoms in total. The van der Waals surface area contributed by atoms with Crippen LogP contribution >= 0.6 is 0 Å². The Morgan fingerprint density at radius 2 is 1.97 bits per heavy atom. The van der Waals surface area contributed by atoms with E-state index >= 15 is 0 Å². The van der Waals surface area contributed by atoms with Crippen LogP contribution in [0.15, 0.2) is 6.07 Å². The Kier molecular flexibility index (Phi) is 11.7. The van der Waals surface area contributed by atoms with Gasteiger partial charge in [-0.25, -0.2) is 5.26 Å². The number of hydrogen-bond acceptors (Lipinski definition) is 8. The first-order valence-corrected chi connectivity index (χ1v) is 10.3. The predicted octanol–water partition coefficient (Wildman–Crippen LogP) is 1.99. The zero-order valence-corrected chi connectivity index (χ0v) is 17.6. The fourth-order valence-corrected chi connectivity index (χ4v) is 3.30. The van der Waals surface area contributed by atoms with Gasteiger partial charge in [-0.2, -0.15) is 4.89 Å². The van der Waals surface area contributed by atoms with Crippen molar-refractivity contribution < 1.29 is 25.0 Å². The monoisotopic (exact) mass is 410 g/mol. The van der Waals surface area contributed by atoms with Crippen molar-refractivity contribution in [3.05, 3.63) is 11.8 Å². The maximum Gasteiger partial charge on any atom is 0.232 e. The van der Waals surface area contributed by atoms with E-state index in [1.165, 1.54) is 57.7 Å². The van der Waals surface area contributed by atoms with E-state index in [-0.39, 0.29) is 6.61 Å². The van der Waals surface area contributed by atoms with E-state index in [9.17, 15) is 0 Å². The van der Waals surface area contributed by atoms with Gasteiger partial charge in [0.05, 0.1) is 6.61 Å². The number of unbranched alkanes of at least 4 members (excludes halogenated alkanes) is 1. The molecule has 3 rings (SSSR count). The third-order valence-electron chi connectivity index (χ3n) is 4.99. The molecule has 9 heteroatoms. The largest absolute Gasteiger partial charge is 0.477 e. The van der Waals surface area contributed by atoms with E-state index in [0.717, 1.165) is 31.9 Å². The van der Waals surface area contributed by atoms with Crippen LogP contribution in [0.5, 0.6) is 5.88 Å². The normalized spacial score (nSPS) is 16.9. The van der Waals surface area contributed by atoms with Crippen LogP contribution in [0.2, 0.25) is 0 Å². The fourth-order valence-electron chi connectivity index (χ4n) is 3.30. The fraction of sp³-hybridized carbons (Fsp3) is 0.750. The third kappa shape index (κ3) is 9.58. The maximum absolute atomic E-state index is 7.47. The molecular formula is C20H34N4O5. The number of nitrogens with zero attached hydrogens (tertiary/aromatic N) is 4. The van der Waals surface area contributed by atoms with Crippen LogP contribution in [0, 0.1) is 11.8 Å². The smallest absolute Gasteiger partial charge is 0.232 e. The second-order valence-electron chi connectivity index (χ2n) is 7.19. The van der Waals surface area contributed by atoms with Crippen LogP contribution in [-0.4, -0.2) is 77.8 Å². The molecule has 0 aromatic carbocycles. The molecule has 0 atom stereocenters. The summed E-state index contributed by atoms with van der Waals surface area (Å²) in [7, 11) is 2.20. The summed E-state index contributed by atoms with van der Waals surface area (Å²) in [5, 5.41) is 18.7. The average molecular weight is 411 g/mol. The molecule has 0 bridgehead atoms. The first-order valence-electron chi connectivity index (χ1n) is 10.3. The Morgan fingerprint density at radius 3 is 2.69 bits per heavy atom. The van der Waals surface area contributed by atoms with Crippen molar-refractivity contribution in [2.45, 2.75) is 45.6 Å². The molecule has 1 saturated heterocycles. The summed E-state index contributed by atoms with van der Waals surface area (Å²) in [6.07, 6.45) is 6.03. The zero-order valence-electron chi connectivity index (χ0n) is 17.6. The number of ether oxygens (including phenoxy) is 1. The summed E-state index contributed by atoms with van der Waals surface area (Å²) in [6, 6.07) is 2.12. The van der Waals surface area contributed by atoms with E-state index in [1.54, 1.807) is 6.92 Å². The molecule has 0 spiro atoms. The Bertz CT molecular complexity index is 597. The molecule has 2 aliphatic rings. The molecule has 1 aromatic heterocycles. The lowest BCUT2D eigenvalue weighted by Crippen LogP contribution is -2.44. The Morgan fingerprint density at radius 1 is 1.14 bits per heavy atom. The Hall–Kier alpha value is -1.67. The summed E-state index contributed by atoms with van der Waals surface area (Å²) in [5.74, 6) is 5.85. The van der Waals surface area contributed by atoms with Gasteiger partial charge < -0.3 is 14.5 Å². The van der Waals surface area contributed by atoms with E-state index < -0.39 is 0 Å².